The summed E-state index contributed by atoms with van der Waals surface area (Å²) in [6, 6.07) is 6.08. The topological polar surface area (TPSA) is 22.0 Å². The summed E-state index contributed by atoms with van der Waals surface area (Å²) in [4.78, 5) is 11.9. The molecular weight excluding hydrogens is 388 g/mol. The Hall–Kier alpha value is -0.650. The van der Waals surface area contributed by atoms with E-state index in [0.29, 0.717) is 11.0 Å². The van der Waals surface area contributed by atoms with Crippen molar-refractivity contribution in [1.82, 2.24) is 4.57 Å². The van der Waals surface area contributed by atoms with E-state index >= 15 is 0 Å². The summed E-state index contributed by atoms with van der Waals surface area (Å²) in [7, 11) is 0. The highest BCUT2D eigenvalue weighted by Crippen LogP contribution is 2.18. The Labute approximate surface area is 125 Å². The van der Waals surface area contributed by atoms with Gasteiger partial charge in [0, 0.05) is 10.7 Å². The number of halogens is 4. The molecule has 0 saturated carbocycles. The molecule has 2 rings (SSSR count). The van der Waals surface area contributed by atoms with E-state index in [0.717, 1.165) is 10.0 Å². The van der Waals surface area contributed by atoms with E-state index in [1.54, 1.807) is 18.3 Å². The van der Waals surface area contributed by atoms with Crippen molar-refractivity contribution in [3.05, 3.63) is 66.2 Å². The van der Waals surface area contributed by atoms with Crippen molar-refractivity contribution in [2.45, 2.75) is 6.54 Å². The third-order valence-electron chi connectivity index (χ3n) is 2.35. The molecule has 2 aromatic rings. The molecule has 0 bridgehead atoms. The molecule has 0 amide bonds. The monoisotopic (exact) mass is 393 g/mol. The molecule has 1 heterocycles. The van der Waals surface area contributed by atoms with Crippen LogP contribution >= 0.6 is 43.5 Å². The predicted molar refractivity (Wildman–Crippen MR) is 76.6 cm³/mol. The Morgan fingerprint density at radius 2 is 2.00 bits per heavy atom. The Morgan fingerprint density at radius 1 is 1.28 bits per heavy atom. The third-order valence-corrected chi connectivity index (χ3v) is 3.64. The summed E-state index contributed by atoms with van der Waals surface area (Å²) >= 11 is 12.2. The van der Waals surface area contributed by atoms with E-state index < -0.39 is 5.82 Å². The second kappa shape index (κ2) is 5.55. The molecule has 94 valence electrons. The number of aromatic nitrogens is 1. The molecule has 0 N–H and O–H groups in total. The zero-order chi connectivity index (χ0) is 13.3. The maximum Gasteiger partial charge on any atom is 0.265 e. The molecule has 0 aliphatic rings. The number of pyridine rings is 1. The van der Waals surface area contributed by atoms with Crippen molar-refractivity contribution < 1.29 is 4.39 Å². The molecule has 0 atom stereocenters. The van der Waals surface area contributed by atoms with Crippen LogP contribution in [0.4, 0.5) is 4.39 Å². The van der Waals surface area contributed by atoms with Gasteiger partial charge in [-0.1, -0.05) is 17.7 Å². The molecule has 0 unspecified atom stereocenters. The van der Waals surface area contributed by atoms with Gasteiger partial charge in [0.05, 0.1) is 16.0 Å². The van der Waals surface area contributed by atoms with E-state index in [-0.39, 0.29) is 10.6 Å². The van der Waals surface area contributed by atoms with Gasteiger partial charge in [-0.15, -0.1) is 0 Å². The van der Waals surface area contributed by atoms with E-state index in [9.17, 15) is 9.18 Å². The Morgan fingerprint density at radius 3 is 2.67 bits per heavy atom. The Kier molecular flexibility index (Phi) is 4.25. The molecule has 0 spiro atoms. The van der Waals surface area contributed by atoms with Gasteiger partial charge in [-0.05, 0) is 55.6 Å². The van der Waals surface area contributed by atoms with Crippen molar-refractivity contribution in [1.29, 1.82) is 0 Å². The minimum Gasteiger partial charge on any atom is -0.309 e. The first-order valence-corrected chi connectivity index (χ1v) is 6.93. The van der Waals surface area contributed by atoms with Gasteiger partial charge in [0.15, 0.2) is 0 Å². The quantitative estimate of drug-likeness (QED) is 0.747. The molecule has 0 aliphatic carbocycles. The fourth-order valence-electron chi connectivity index (χ4n) is 1.52. The largest absolute Gasteiger partial charge is 0.309 e. The molecule has 0 aliphatic heterocycles. The van der Waals surface area contributed by atoms with Crippen molar-refractivity contribution in [2.24, 2.45) is 0 Å². The van der Waals surface area contributed by atoms with Gasteiger partial charge in [0.2, 0.25) is 0 Å². The van der Waals surface area contributed by atoms with E-state index in [2.05, 4.69) is 31.9 Å². The summed E-state index contributed by atoms with van der Waals surface area (Å²) in [5.74, 6) is -0.469. The van der Waals surface area contributed by atoms with Crippen LogP contribution in [0.25, 0.3) is 0 Å². The predicted octanol–water partition coefficient (Wildman–Crippen LogP) is 4.21. The van der Waals surface area contributed by atoms with Gasteiger partial charge in [0.25, 0.3) is 5.56 Å². The zero-order valence-electron chi connectivity index (χ0n) is 8.96. The molecule has 18 heavy (non-hydrogen) atoms. The Bertz CT molecular complexity index is 657. The molecule has 0 fully saturated rings. The number of rotatable bonds is 2. The fraction of sp³-hybridized carbons (Fsp3) is 0.0833. The minimum atomic E-state index is -0.469. The molecule has 0 radical (unpaired) electrons. The summed E-state index contributed by atoms with van der Waals surface area (Å²) in [5.41, 5.74) is 0.604. The fourth-order valence-corrected chi connectivity index (χ4v) is 2.98. The van der Waals surface area contributed by atoms with Crippen LogP contribution in [0, 0.1) is 5.82 Å². The van der Waals surface area contributed by atoms with Gasteiger partial charge < -0.3 is 4.57 Å². The zero-order valence-corrected chi connectivity index (χ0v) is 12.9. The number of hydrogen-bond acceptors (Lipinski definition) is 1. The normalized spacial score (nSPS) is 10.7. The second-order valence-electron chi connectivity index (χ2n) is 3.69. The first-order valence-electron chi connectivity index (χ1n) is 4.97. The van der Waals surface area contributed by atoms with Gasteiger partial charge in [-0.25, -0.2) is 4.39 Å². The van der Waals surface area contributed by atoms with Crippen LogP contribution in [-0.4, -0.2) is 4.57 Å². The first kappa shape index (κ1) is 13.8. The van der Waals surface area contributed by atoms with Crippen LogP contribution in [-0.2, 0) is 6.54 Å². The number of nitrogens with zero attached hydrogens (tertiary/aromatic N) is 1. The Balaban J connectivity index is 2.40. The number of hydrogen-bond donors (Lipinski definition) is 0. The summed E-state index contributed by atoms with van der Waals surface area (Å²) < 4.78 is 15.8. The second-order valence-corrected chi connectivity index (χ2v) is 5.86. The maximum absolute atomic E-state index is 13.0. The van der Waals surface area contributed by atoms with E-state index in [1.165, 1.54) is 16.7 Å². The van der Waals surface area contributed by atoms with Gasteiger partial charge in [0.1, 0.15) is 5.82 Å². The molecule has 0 saturated heterocycles. The molecule has 1 aromatic carbocycles. The van der Waals surface area contributed by atoms with Crippen LogP contribution in [0.15, 0.2) is 44.2 Å². The van der Waals surface area contributed by atoms with Crippen LogP contribution in [0.2, 0.25) is 5.02 Å². The maximum atomic E-state index is 13.0. The van der Waals surface area contributed by atoms with Crippen LogP contribution in [0.3, 0.4) is 0 Å². The lowest BCUT2D eigenvalue weighted by molar-refractivity contribution is 0.626. The molecular formula is C12H7Br2ClFNO. The van der Waals surface area contributed by atoms with Crippen LogP contribution < -0.4 is 5.56 Å². The lowest BCUT2D eigenvalue weighted by Gasteiger charge is -2.08. The van der Waals surface area contributed by atoms with Crippen LogP contribution in [0.5, 0.6) is 0 Å². The summed E-state index contributed by atoms with van der Waals surface area (Å²) in [5, 5.41) is 0.0506. The van der Waals surface area contributed by atoms with E-state index in [4.69, 9.17) is 11.6 Å². The standard InChI is InChI=1S/C12H7Br2ClFNO/c13-8-4-9(14)12(18)17(6-8)5-7-1-2-11(16)10(15)3-7/h1-4,6H,5H2. The highest BCUT2D eigenvalue weighted by Gasteiger charge is 2.06. The highest BCUT2D eigenvalue weighted by molar-refractivity contribution is 9.11. The summed E-state index contributed by atoms with van der Waals surface area (Å²) in [6.45, 7) is 0.330. The van der Waals surface area contributed by atoms with Gasteiger partial charge >= 0.3 is 0 Å². The van der Waals surface area contributed by atoms with Crippen molar-refractivity contribution >= 4 is 43.5 Å². The lowest BCUT2D eigenvalue weighted by Crippen LogP contribution is -2.20. The SMILES string of the molecule is O=c1c(Br)cc(Br)cn1Cc1ccc(F)c(Cl)c1. The average molecular weight is 395 g/mol. The number of benzene rings is 1. The van der Waals surface area contributed by atoms with Crippen molar-refractivity contribution in [2.75, 3.05) is 0 Å². The lowest BCUT2D eigenvalue weighted by atomic mass is 10.2. The van der Waals surface area contributed by atoms with Crippen molar-refractivity contribution in [3.8, 4) is 0 Å². The minimum absolute atomic E-state index is 0.0506. The molecule has 6 heteroatoms. The molecule has 1 aromatic heterocycles. The van der Waals surface area contributed by atoms with E-state index in [1.807, 2.05) is 0 Å². The highest BCUT2D eigenvalue weighted by atomic mass is 79.9. The van der Waals surface area contributed by atoms with Gasteiger partial charge in [-0.3, -0.25) is 4.79 Å². The average Bonchev–Trinajstić information content (AvgIpc) is 2.30. The van der Waals surface area contributed by atoms with Gasteiger partial charge in [-0.2, -0.15) is 0 Å². The first-order chi connectivity index (χ1) is 8.47. The third kappa shape index (κ3) is 3.02. The van der Waals surface area contributed by atoms with Crippen molar-refractivity contribution in [3.63, 3.8) is 0 Å². The summed E-state index contributed by atoms with van der Waals surface area (Å²) in [6.07, 6.45) is 1.67. The molecule has 2 nitrogen and oxygen atoms in total. The smallest absolute Gasteiger partial charge is 0.265 e. The van der Waals surface area contributed by atoms with Crippen LogP contribution in [0.1, 0.15) is 5.56 Å².